The van der Waals surface area contributed by atoms with Crippen LogP contribution in [0.2, 0.25) is 5.28 Å². The molecule has 1 saturated carbocycles. The van der Waals surface area contributed by atoms with E-state index in [9.17, 15) is 0 Å². The normalized spacial score (nSPS) is 26.8. The Bertz CT molecular complexity index is 311. The van der Waals surface area contributed by atoms with Crippen molar-refractivity contribution in [2.45, 2.75) is 45.6 Å². The molecular weight excluding hydrogens is 210 g/mol. The van der Waals surface area contributed by atoms with E-state index >= 15 is 0 Å². The van der Waals surface area contributed by atoms with Gasteiger partial charge in [0.2, 0.25) is 5.28 Å². The van der Waals surface area contributed by atoms with Crippen LogP contribution in [0.3, 0.4) is 0 Å². The summed E-state index contributed by atoms with van der Waals surface area (Å²) in [5.74, 6) is 1.77. The summed E-state index contributed by atoms with van der Waals surface area (Å²) in [5.41, 5.74) is 0. The first-order valence-corrected chi connectivity index (χ1v) is 6.17. The van der Waals surface area contributed by atoms with E-state index in [1.165, 1.54) is 32.1 Å². The Hall–Kier alpha value is -0.570. The molecule has 1 aromatic heterocycles. The van der Waals surface area contributed by atoms with Crippen molar-refractivity contribution >= 4 is 11.6 Å². The van der Waals surface area contributed by atoms with Crippen molar-refractivity contribution in [3.8, 4) is 0 Å². The van der Waals surface area contributed by atoms with Gasteiger partial charge in [-0.25, -0.2) is 0 Å². The smallest absolute Gasteiger partial charge is 0.224 e. The summed E-state index contributed by atoms with van der Waals surface area (Å²) in [5, 5.41) is 8.07. The van der Waals surface area contributed by atoms with Crippen LogP contribution in [-0.4, -0.2) is 14.8 Å². The van der Waals surface area contributed by atoms with Crippen molar-refractivity contribution in [3.63, 3.8) is 0 Å². The highest BCUT2D eigenvalue weighted by atomic mass is 35.5. The van der Waals surface area contributed by atoms with Gasteiger partial charge in [0.15, 0.2) is 0 Å². The molecule has 1 fully saturated rings. The zero-order valence-corrected chi connectivity index (χ0v) is 9.95. The number of nitrogens with zero attached hydrogens (tertiary/aromatic N) is 3. The van der Waals surface area contributed by atoms with E-state index in [1.807, 2.05) is 4.57 Å². The van der Waals surface area contributed by atoms with Gasteiger partial charge < -0.3 is 4.57 Å². The number of hydrogen-bond acceptors (Lipinski definition) is 2. The van der Waals surface area contributed by atoms with Gasteiger partial charge in [0, 0.05) is 6.54 Å². The van der Waals surface area contributed by atoms with E-state index in [2.05, 4.69) is 17.1 Å². The summed E-state index contributed by atoms with van der Waals surface area (Å²) in [7, 11) is 0. The molecule has 0 saturated heterocycles. The molecule has 0 spiro atoms. The summed E-state index contributed by atoms with van der Waals surface area (Å²) in [4.78, 5) is 0. The fraction of sp³-hybridized carbons (Fsp3) is 0.818. The third-order valence-electron chi connectivity index (χ3n) is 3.39. The van der Waals surface area contributed by atoms with Crippen LogP contribution in [0.4, 0.5) is 0 Å². The largest absolute Gasteiger partial charge is 0.304 e. The van der Waals surface area contributed by atoms with Gasteiger partial charge in [-0.1, -0.05) is 26.2 Å². The second-order valence-corrected chi connectivity index (χ2v) is 5.06. The Morgan fingerprint density at radius 3 is 3.07 bits per heavy atom. The summed E-state index contributed by atoms with van der Waals surface area (Å²) in [6.07, 6.45) is 8.48. The molecule has 2 atom stereocenters. The van der Waals surface area contributed by atoms with Crippen molar-refractivity contribution in [1.82, 2.24) is 14.8 Å². The third-order valence-corrected chi connectivity index (χ3v) is 3.68. The lowest BCUT2D eigenvalue weighted by Gasteiger charge is -2.26. The maximum Gasteiger partial charge on any atom is 0.224 e. The molecule has 1 heterocycles. The second kappa shape index (κ2) is 4.97. The molecule has 0 amide bonds. The van der Waals surface area contributed by atoms with Crippen LogP contribution >= 0.6 is 11.6 Å². The molecule has 0 aromatic carbocycles. The van der Waals surface area contributed by atoms with E-state index in [4.69, 9.17) is 11.6 Å². The molecule has 0 radical (unpaired) electrons. The fourth-order valence-corrected chi connectivity index (χ4v) is 2.71. The van der Waals surface area contributed by atoms with Gasteiger partial charge in [-0.2, -0.15) is 0 Å². The maximum absolute atomic E-state index is 5.88. The Balaban J connectivity index is 1.80. The Labute approximate surface area is 95.8 Å². The van der Waals surface area contributed by atoms with E-state index in [1.54, 1.807) is 6.33 Å². The SMILES string of the molecule is CC1CCCC(CCn2cnnc2Cl)C1. The molecule has 1 aliphatic carbocycles. The standard InChI is InChI=1S/C11H18ClN3/c1-9-3-2-4-10(7-9)5-6-15-8-13-14-11(15)12/h8-10H,2-7H2,1H3. The number of halogens is 1. The van der Waals surface area contributed by atoms with Gasteiger partial charge in [0.05, 0.1) is 0 Å². The minimum Gasteiger partial charge on any atom is -0.304 e. The third kappa shape index (κ3) is 2.94. The highest BCUT2D eigenvalue weighted by molar-refractivity contribution is 6.28. The maximum atomic E-state index is 5.88. The Morgan fingerprint density at radius 1 is 1.53 bits per heavy atom. The lowest BCUT2D eigenvalue weighted by Crippen LogP contribution is -2.15. The van der Waals surface area contributed by atoms with Crippen LogP contribution < -0.4 is 0 Å². The molecule has 1 aliphatic rings. The highest BCUT2D eigenvalue weighted by Gasteiger charge is 2.18. The van der Waals surface area contributed by atoms with Gasteiger partial charge in [0.1, 0.15) is 6.33 Å². The molecule has 0 bridgehead atoms. The van der Waals surface area contributed by atoms with E-state index < -0.39 is 0 Å². The molecule has 0 aliphatic heterocycles. The van der Waals surface area contributed by atoms with Crippen LogP contribution in [0.15, 0.2) is 6.33 Å². The predicted molar refractivity (Wildman–Crippen MR) is 60.8 cm³/mol. The lowest BCUT2D eigenvalue weighted by molar-refractivity contribution is 0.261. The number of aryl methyl sites for hydroxylation is 1. The van der Waals surface area contributed by atoms with Gasteiger partial charge in [-0.05, 0) is 36.3 Å². The number of aromatic nitrogens is 3. The number of hydrogen-bond donors (Lipinski definition) is 0. The first-order valence-electron chi connectivity index (χ1n) is 5.79. The van der Waals surface area contributed by atoms with Gasteiger partial charge in [-0.15, -0.1) is 10.2 Å². The highest BCUT2D eigenvalue weighted by Crippen LogP contribution is 2.31. The molecule has 2 unspecified atom stereocenters. The zero-order chi connectivity index (χ0) is 10.7. The second-order valence-electron chi connectivity index (χ2n) is 4.72. The topological polar surface area (TPSA) is 30.7 Å². The first kappa shape index (κ1) is 10.9. The lowest BCUT2D eigenvalue weighted by atomic mass is 9.81. The van der Waals surface area contributed by atoms with Crippen molar-refractivity contribution in [3.05, 3.63) is 11.6 Å². The van der Waals surface area contributed by atoms with E-state index in [0.29, 0.717) is 5.28 Å². The van der Waals surface area contributed by atoms with Gasteiger partial charge in [0.25, 0.3) is 0 Å². The monoisotopic (exact) mass is 227 g/mol. The minimum absolute atomic E-state index is 0.513. The minimum atomic E-state index is 0.513. The summed E-state index contributed by atoms with van der Waals surface area (Å²) in [6.45, 7) is 3.32. The number of rotatable bonds is 3. The molecule has 3 nitrogen and oxygen atoms in total. The van der Waals surface area contributed by atoms with Crippen LogP contribution in [0, 0.1) is 11.8 Å². The molecular formula is C11H18ClN3. The van der Waals surface area contributed by atoms with E-state index in [0.717, 1.165) is 18.4 Å². The Morgan fingerprint density at radius 2 is 2.40 bits per heavy atom. The van der Waals surface area contributed by atoms with Gasteiger partial charge in [-0.3, -0.25) is 0 Å². The van der Waals surface area contributed by atoms with Crippen LogP contribution in [0.5, 0.6) is 0 Å². The zero-order valence-electron chi connectivity index (χ0n) is 9.19. The van der Waals surface area contributed by atoms with Crippen molar-refractivity contribution in [2.24, 2.45) is 11.8 Å². The van der Waals surface area contributed by atoms with Crippen molar-refractivity contribution in [1.29, 1.82) is 0 Å². The summed E-state index contributed by atoms with van der Waals surface area (Å²) in [6, 6.07) is 0. The van der Waals surface area contributed by atoms with Gasteiger partial charge >= 0.3 is 0 Å². The molecule has 0 N–H and O–H groups in total. The predicted octanol–water partition coefficient (Wildman–Crippen LogP) is 3.15. The van der Waals surface area contributed by atoms with Crippen molar-refractivity contribution in [2.75, 3.05) is 0 Å². The molecule has 84 valence electrons. The van der Waals surface area contributed by atoms with Crippen molar-refractivity contribution < 1.29 is 0 Å². The molecule has 15 heavy (non-hydrogen) atoms. The Kier molecular flexibility index (Phi) is 3.62. The molecule has 1 aromatic rings. The van der Waals surface area contributed by atoms with Crippen LogP contribution in [0.1, 0.15) is 39.0 Å². The summed E-state index contributed by atoms with van der Waals surface area (Å²) >= 11 is 5.88. The molecule has 4 heteroatoms. The quantitative estimate of drug-likeness (QED) is 0.794. The summed E-state index contributed by atoms with van der Waals surface area (Å²) < 4.78 is 1.93. The average molecular weight is 228 g/mol. The van der Waals surface area contributed by atoms with Crippen LogP contribution in [-0.2, 0) is 6.54 Å². The first-order chi connectivity index (χ1) is 7.25. The average Bonchev–Trinajstić information content (AvgIpc) is 2.61. The fourth-order valence-electron chi connectivity index (χ4n) is 2.53. The molecule has 2 rings (SSSR count). The van der Waals surface area contributed by atoms with E-state index in [-0.39, 0.29) is 0 Å². The van der Waals surface area contributed by atoms with Crippen LogP contribution in [0.25, 0.3) is 0 Å².